The molecule has 0 aliphatic heterocycles. The third kappa shape index (κ3) is 4.30. The number of carbonyl (C=O) groups is 1. The molecule has 35 heavy (non-hydrogen) atoms. The number of rotatable bonds is 5. The van der Waals surface area contributed by atoms with Crippen LogP contribution in [0.25, 0.3) is 28.0 Å². The van der Waals surface area contributed by atoms with Crippen LogP contribution in [0.5, 0.6) is 0 Å². The highest BCUT2D eigenvalue weighted by Gasteiger charge is 2.30. The zero-order chi connectivity index (χ0) is 24.7. The molecule has 176 valence electrons. The fourth-order valence-electron chi connectivity index (χ4n) is 3.90. The van der Waals surface area contributed by atoms with E-state index in [1.54, 1.807) is 30.7 Å². The molecule has 0 aliphatic carbocycles. The van der Waals surface area contributed by atoms with Crippen LogP contribution in [0.1, 0.15) is 42.3 Å². The van der Waals surface area contributed by atoms with Gasteiger partial charge in [0.25, 0.3) is 0 Å². The van der Waals surface area contributed by atoms with E-state index in [1.807, 2.05) is 55.6 Å². The van der Waals surface area contributed by atoms with Crippen LogP contribution < -0.4 is 5.73 Å². The van der Waals surface area contributed by atoms with Gasteiger partial charge in [0.1, 0.15) is 27.4 Å². The summed E-state index contributed by atoms with van der Waals surface area (Å²) in [5, 5.41) is 9.48. The summed E-state index contributed by atoms with van der Waals surface area (Å²) in [6.45, 7) is 6.01. The highest BCUT2D eigenvalue weighted by molar-refractivity contribution is 7.11. The molecule has 0 saturated carbocycles. The average molecular weight is 487 g/mol. The Morgan fingerprint density at radius 2 is 1.80 bits per heavy atom. The van der Waals surface area contributed by atoms with Crippen molar-refractivity contribution in [3.63, 3.8) is 0 Å². The monoisotopic (exact) mass is 486 g/mol. The Morgan fingerprint density at radius 1 is 1.03 bits per heavy atom. The summed E-state index contributed by atoms with van der Waals surface area (Å²) >= 11 is 1.28. The van der Waals surface area contributed by atoms with Crippen LogP contribution in [-0.2, 0) is 10.2 Å². The first-order valence-corrected chi connectivity index (χ1v) is 11.8. The molecule has 1 unspecified atom stereocenters. The maximum Gasteiger partial charge on any atom is 0.232 e. The van der Waals surface area contributed by atoms with Gasteiger partial charge in [-0.1, -0.05) is 44.2 Å². The van der Waals surface area contributed by atoms with Crippen molar-refractivity contribution in [1.82, 2.24) is 24.6 Å². The number of nitrogens with zero attached hydrogens (tertiary/aromatic N) is 5. The van der Waals surface area contributed by atoms with Crippen molar-refractivity contribution in [3.8, 4) is 22.4 Å². The minimum absolute atomic E-state index is 0.173. The number of hydrogen-bond donors (Lipinski definition) is 1. The molecular formula is C26H23FN6OS. The van der Waals surface area contributed by atoms with Gasteiger partial charge >= 0.3 is 0 Å². The third-order valence-corrected chi connectivity index (χ3v) is 7.16. The molecule has 1 atom stereocenters. The molecule has 0 spiro atoms. The van der Waals surface area contributed by atoms with Gasteiger partial charge in [0.2, 0.25) is 5.91 Å². The van der Waals surface area contributed by atoms with E-state index in [0.717, 1.165) is 27.5 Å². The lowest BCUT2D eigenvalue weighted by Gasteiger charge is -2.14. The number of fused-ring (bicyclic) bond motifs is 1. The molecule has 5 rings (SSSR count). The Hall–Kier alpha value is -3.98. The number of aromatic nitrogens is 5. The van der Waals surface area contributed by atoms with Crippen LogP contribution >= 0.6 is 11.3 Å². The molecule has 0 saturated heterocycles. The van der Waals surface area contributed by atoms with Crippen LogP contribution in [0.15, 0.2) is 67.3 Å². The number of halogens is 1. The maximum atomic E-state index is 15.4. The van der Waals surface area contributed by atoms with Gasteiger partial charge in [0.05, 0.1) is 11.9 Å². The molecule has 0 bridgehead atoms. The van der Waals surface area contributed by atoms with Crippen LogP contribution in [0, 0.1) is 5.82 Å². The normalized spacial score (nSPS) is 12.7. The molecule has 7 nitrogen and oxygen atoms in total. The highest BCUT2D eigenvalue weighted by Crippen LogP contribution is 2.34. The Balaban J connectivity index is 1.51. The number of pyridine rings is 2. The number of benzene rings is 1. The zero-order valence-electron chi connectivity index (χ0n) is 19.4. The van der Waals surface area contributed by atoms with Gasteiger partial charge in [0.15, 0.2) is 0 Å². The number of nitrogens with two attached hydrogens (primary N) is 1. The minimum atomic E-state index is -1.01. The summed E-state index contributed by atoms with van der Waals surface area (Å²) in [7, 11) is 0. The molecular weight excluding hydrogens is 463 g/mol. The molecule has 1 aromatic carbocycles. The van der Waals surface area contributed by atoms with Gasteiger partial charge in [-0.25, -0.2) is 9.37 Å². The highest BCUT2D eigenvalue weighted by atomic mass is 32.1. The first kappa shape index (κ1) is 22.8. The summed E-state index contributed by atoms with van der Waals surface area (Å²) in [5.41, 5.74) is 9.75. The van der Waals surface area contributed by atoms with E-state index >= 15 is 4.39 Å². The Kier molecular flexibility index (Phi) is 5.64. The number of amides is 1. The fourth-order valence-corrected chi connectivity index (χ4v) is 4.93. The molecule has 0 radical (unpaired) electrons. The standard InChI is InChI=1S/C26H23FN6OS/c1-26(2,3)25-32-31-24(35-25)22(23(28)34)18-5-4-17(12-19(18)27)20-14-30-21-13-16(8-11-33(20)21)15-6-9-29-10-7-15/h4-14,22H,1-3H3,(H2,28,34). The van der Waals surface area contributed by atoms with Gasteiger partial charge in [-0.2, -0.15) is 0 Å². The summed E-state index contributed by atoms with van der Waals surface area (Å²) < 4.78 is 17.3. The molecule has 5 aromatic rings. The van der Waals surface area contributed by atoms with Gasteiger partial charge < -0.3 is 5.73 Å². The number of hydrogen-bond acceptors (Lipinski definition) is 6. The van der Waals surface area contributed by atoms with Crippen LogP contribution in [0.3, 0.4) is 0 Å². The van der Waals surface area contributed by atoms with Crippen molar-refractivity contribution in [1.29, 1.82) is 0 Å². The zero-order valence-corrected chi connectivity index (χ0v) is 20.3. The second-order valence-electron chi connectivity index (χ2n) is 9.29. The molecule has 0 fully saturated rings. The number of carbonyl (C=O) groups excluding carboxylic acids is 1. The fraction of sp³-hybridized carbons (Fsp3) is 0.192. The molecule has 4 heterocycles. The van der Waals surface area contributed by atoms with E-state index in [-0.39, 0.29) is 11.0 Å². The van der Waals surface area contributed by atoms with Crippen molar-refractivity contribution in [2.45, 2.75) is 32.1 Å². The predicted molar refractivity (Wildman–Crippen MR) is 133 cm³/mol. The SMILES string of the molecule is CC(C)(C)c1nnc(C(C(N)=O)c2ccc(-c3cnc4cc(-c5ccncc5)ccn34)cc2F)s1. The lowest BCUT2D eigenvalue weighted by atomic mass is 9.96. The van der Waals surface area contributed by atoms with Gasteiger partial charge in [-0.05, 0) is 41.5 Å². The van der Waals surface area contributed by atoms with E-state index in [2.05, 4.69) is 20.2 Å². The molecule has 4 aromatic heterocycles. The molecule has 2 N–H and O–H groups in total. The largest absolute Gasteiger partial charge is 0.369 e. The lowest BCUT2D eigenvalue weighted by Crippen LogP contribution is -2.23. The smallest absolute Gasteiger partial charge is 0.232 e. The van der Waals surface area contributed by atoms with Crippen molar-refractivity contribution < 1.29 is 9.18 Å². The number of primary amides is 1. The molecule has 9 heteroatoms. The first-order valence-electron chi connectivity index (χ1n) is 11.0. The number of imidazole rings is 1. The van der Waals surface area contributed by atoms with Crippen molar-refractivity contribution >= 4 is 22.9 Å². The lowest BCUT2D eigenvalue weighted by molar-refractivity contribution is -0.118. The Morgan fingerprint density at radius 3 is 2.46 bits per heavy atom. The Labute approximate surface area is 205 Å². The summed E-state index contributed by atoms with van der Waals surface area (Å²) in [4.78, 5) is 20.9. The van der Waals surface area contributed by atoms with Gasteiger partial charge in [0, 0.05) is 35.1 Å². The van der Waals surface area contributed by atoms with E-state index < -0.39 is 17.6 Å². The van der Waals surface area contributed by atoms with E-state index in [9.17, 15) is 4.79 Å². The quantitative estimate of drug-likeness (QED) is 0.378. The third-order valence-electron chi connectivity index (χ3n) is 5.75. The van der Waals surface area contributed by atoms with Crippen LogP contribution in [0.4, 0.5) is 4.39 Å². The topological polar surface area (TPSA) is 99.1 Å². The van der Waals surface area contributed by atoms with Crippen molar-refractivity contribution in [3.05, 3.63) is 88.6 Å². The van der Waals surface area contributed by atoms with Crippen LogP contribution in [-0.4, -0.2) is 30.5 Å². The average Bonchev–Trinajstić information content (AvgIpc) is 3.48. The Bertz CT molecular complexity index is 1540. The maximum absolute atomic E-state index is 15.4. The second kappa shape index (κ2) is 8.66. The molecule has 1 amide bonds. The van der Waals surface area contributed by atoms with Crippen molar-refractivity contribution in [2.24, 2.45) is 5.73 Å². The van der Waals surface area contributed by atoms with E-state index in [0.29, 0.717) is 10.6 Å². The van der Waals surface area contributed by atoms with E-state index in [4.69, 9.17) is 5.73 Å². The second-order valence-corrected chi connectivity index (χ2v) is 10.3. The summed E-state index contributed by atoms with van der Waals surface area (Å²) in [5.74, 6) is -2.23. The van der Waals surface area contributed by atoms with Gasteiger partial charge in [-0.3, -0.25) is 14.2 Å². The van der Waals surface area contributed by atoms with Gasteiger partial charge in [-0.15, -0.1) is 10.2 Å². The summed E-state index contributed by atoms with van der Waals surface area (Å²) in [6.07, 6.45) is 7.09. The first-order chi connectivity index (χ1) is 16.7. The summed E-state index contributed by atoms with van der Waals surface area (Å²) in [6, 6.07) is 12.6. The predicted octanol–water partition coefficient (Wildman–Crippen LogP) is 4.97. The minimum Gasteiger partial charge on any atom is -0.369 e. The van der Waals surface area contributed by atoms with Crippen LogP contribution in [0.2, 0.25) is 0 Å². The molecule has 0 aliphatic rings. The van der Waals surface area contributed by atoms with E-state index in [1.165, 1.54) is 17.4 Å². The van der Waals surface area contributed by atoms with Crippen molar-refractivity contribution in [2.75, 3.05) is 0 Å².